The minimum absolute atomic E-state index is 0.0888. The summed E-state index contributed by atoms with van der Waals surface area (Å²) in [6.07, 6.45) is 0. The molecule has 0 heterocycles. The van der Waals surface area contributed by atoms with Crippen molar-refractivity contribution >= 4 is 5.78 Å². The summed E-state index contributed by atoms with van der Waals surface area (Å²) in [5.74, 6) is -2.42. The minimum Gasteiger partial charge on any atom is -0.372 e. The molecule has 0 unspecified atom stereocenters. The molecule has 0 radical (unpaired) electrons. The van der Waals surface area contributed by atoms with Crippen molar-refractivity contribution in [2.45, 2.75) is 0 Å². The van der Waals surface area contributed by atoms with Gasteiger partial charge in [-0.1, -0.05) is 0 Å². The van der Waals surface area contributed by atoms with Crippen LogP contribution in [0.25, 0.3) is 0 Å². The summed E-state index contributed by atoms with van der Waals surface area (Å²) in [4.78, 5) is 11.3. The van der Waals surface area contributed by atoms with Crippen LogP contribution in [0.15, 0.2) is 18.2 Å². The van der Waals surface area contributed by atoms with Crippen LogP contribution in [-0.2, 0) is 4.74 Å². The fraction of sp³-hybridized carbons (Fsp3) is 0.300. The third-order valence-electron chi connectivity index (χ3n) is 1.74. The van der Waals surface area contributed by atoms with Crippen molar-refractivity contribution in [1.82, 2.24) is 0 Å². The van der Waals surface area contributed by atoms with Crippen LogP contribution in [0.4, 0.5) is 8.78 Å². The molecule has 1 aromatic carbocycles. The zero-order chi connectivity index (χ0) is 11.3. The van der Waals surface area contributed by atoms with E-state index in [0.717, 1.165) is 12.1 Å². The Bertz CT molecular complexity index is 355. The van der Waals surface area contributed by atoms with Gasteiger partial charge in [0.1, 0.15) is 6.61 Å². The van der Waals surface area contributed by atoms with Gasteiger partial charge in [-0.05, 0) is 18.2 Å². The molecule has 0 aliphatic carbocycles. The summed E-state index contributed by atoms with van der Waals surface area (Å²) in [6, 6.07) is 2.97. The van der Waals surface area contributed by atoms with Gasteiger partial charge in [0.2, 0.25) is 0 Å². The second kappa shape index (κ2) is 5.53. The molecular formula is C10H11F2NO2. The Morgan fingerprint density at radius 3 is 2.67 bits per heavy atom. The Labute approximate surface area is 85.8 Å². The van der Waals surface area contributed by atoms with Crippen LogP contribution in [0, 0.1) is 11.6 Å². The quantitative estimate of drug-likeness (QED) is 0.591. The Morgan fingerprint density at radius 1 is 1.33 bits per heavy atom. The average Bonchev–Trinajstić information content (AvgIpc) is 2.22. The van der Waals surface area contributed by atoms with E-state index in [2.05, 4.69) is 0 Å². The maximum Gasteiger partial charge on any atom is 0.188 e. The monoisotopic (exact) mass is 215 g/mol. The van der Waals surface area contributed by atoms with Crippen LogP contribution in [0.5, 0.6) is 0 Å². The van der Waals surface area contributed by atoms with Crippen molar-refractivity contribution in [1.29, 1.82) is 0 Å². The van der Waals surface area contributed by atoms with Crippen molar-refractivity contribution in [3.8, 4) is 0 Å². The lowest BCUT2D eigenvalue weighted by Gasteiger charge is -2.02. The summed E-state index contributed by atoms with van der Waals surface area (Å²) >= 11 is 0. The smallest absolute Gasteiger partial charge is 0.188 e. The maximum atomic E-state index is 12.7. The highest BCUT2D eigenvalue weighted by Gasteiger charge is 2.09. The molecule has 1 aromatic rings. The first-order valence-electron chi connectivity index (χ1n) is 4.41. The molecule has 0 saturated carbocycles. The number of ether oxygens (including phenoxy) is 1. The minimum atomic E-state index is -1.04. The first-order valence-corrected chi connectivity index (χ1v) is 4.41. The van der Waals surface area contributed by atoms with Gasteiger partial charge in [-0.25, -0.2) is 8.78 Å². The highest BCUT2D eigenvalue weighted by Crippen LogP contribution is 2.09. The van der Waals surface area contributed by atoms with E-state index in [1.165, 1.54) is 6.07 Å². The molecule has 0 fully saturated rings. The van der Waals surface area contributed by atoms with Gasteiger partial charge < -0.3 is 10.5 Å². The molecule has 5 heteroatoms. The molecule has 0 aliphatic rings. The second-order valence-electron chi connectivity index (χ2n) is 2.89. The molecule has 0 bridgehead atoms. The Balaban J connectivity index is 2.62. The fourth-order valence-electron chi connectivity index (χ4n) is 1.00. The number of ketones is 1. The van der Waals surface area contributed by atoms with Crippen molar-refractivity contribution in [3.63, 3.8) is 0 Å². The molecule has 1 rings (SSSR count). The van der Waals surface area contributed by atoms with Crippen LogP contribution < -0.4 is 5.73 Å². The lowest BCUT2D eigenvalue weighted by atomic mass is 10.1. The zero-order valence-corrected chi connectivity index (χ0v) is 8.00. The van der Waals surface area contributed by atoms with Gasteiger partial charge in [-0.3, -0.25) is 4.79 Å². The van der Waals surface area contributed by atoms with E-state index in [9.17, 15) is 13.6 Å². The average molecular weight is 215 g/mol. The molecule has 82 valence electrons. The molecule has 0 aliphatic heterocycles. The number of carbonyl (C=O) groups excluding carboxylic acids is 1. The molecule has 0 amide bonds. The van der Waals surface area contributed by atoms with Gasteiger partial charge in [-0.15, -0.1) is 0 Å². The lowest BCUT2D eigenvalue weighted by Crippen LogP contribution is -2.14. The number of nitrogens with two attached hydrogens (primary N) is 1. The van der Waals surface area contributed by atoms with Gasteiger partial charge in [0.05, 0.1) is 6.61 Å². The number of carbonyl (C=O) groups is 1. The van der Waals surface area contributed by atoms with Crippen molar-refractivity contribution in [2.75, 3.05) is 19.8 Å². The standard InChI is InChI=1S/C10H11F2NO2/c11-8-2-1-7(5-9(8)12)10(14)6-15-4-3-13/h1-2,5H,3-4,6,13H2. The summed E-state index contributed by atoms with van der Waals surface area (Å²) < 4.78 is 30.2. The summed E-state index contributed by atoms with van der Waals surface area (Å²) in [7, 11) is 0. The summed E-state index contributed by atoms with van der Waals surface area (Å²) in [6.45, 7) is 0.392. The molecule has 15 heavy (non-hydrogen) atoms. The van der Waals surface area contributed by atoms with Crippen molar-refractivity contribution in [3.05, 3.63) is 35.4 Å². The first-order chi connectivity index (χ1) is 7.15. The van der Waals surface area contributed by atoms with Gasteiger partial charge in [0.25, 0.3) is 0 Å². The largest absolute Gasteiger partial charge is 0.372 e. The van der Waals surface area contributed by atoms with E-state index >= 15 is 0 Å². The third-order valence-corrected chi connectivity index (χ3v) is 1.74. The Hall–Kier alpha value is -1.33. The zero-order valence-electron chi connectivity index (χ0n) is 8.00. The topological polar surface area (TPSA) is 52.3 Å². The van der Waals surface area contributed by atoms with E-state index in [0.29, 0.717) is 6.54 Å². The predicted molar refractivity (Wildman–Crippen MR) is 50.6 cm³/mol. The lowest BCUT2D eigenvalue weighted by molar-refractivity contribution is 0.0773. The van der Waals surface area contributed by atoms with Crippen molar-refractivity contribution in [2.24, 2.45) is 5.73 Å². The van der Waals surface area contributed by atoms with E-state index in [-0.39, 0.29) is 18.8 Å². The number of hydrogen-bond donors (Lipinski definition) is 1. The molecule has 0 atom stereocenters. The first kappa shape index (κ1) is 11.7. The van der Waals surface area contributed by atoms with Gasteiger partial charge in [0, 0.05) is 12.1 Å². The SMILES string of the molecule is NCCOCC(=O)c1ccc(F)c(F)c1. The predicted octanol–water partition coefficient (Wildman–Crippen LogP) is 1.12. The van der Waals surface area contributed by atoms with Crippen LogP contribution >= 0.6 is 0 Å². The molecule has 0 saturated heterocycles. The molecule has 2 N–H and O–H groups in total. The number of rotatable bonds is 5. The number of Topliss-reactive ketones (excluding diaryl/α,β-unsaturated/α-hetero) is 1. The summed E-state index contributed by atoms with van der Waals surface area (Å²) in [5.41, 5.74) is 5.24. The van der Waals surface area contributed by atoms with E-state index in [1.54, 1.807) is 0 Å². The van der Waals surface area contributed by atoms with Crippen LogP contribution in [-0.4, -0.2) is 25.5 Å². The van der Waals surface area contributed by atoms with E-state index in [1.807, 2.05) is 0 Å². The normalized spacial score (nSPS) is 10.3. The highest BCUT2D eigenvalue weighted by atomic mass is 19.2. The van der Waals surface area contributed by atoms with Gasteiger partial charge in [-0.2, -0.15) is 0 Å². The second-order valence-corrected chi connectivity index (χ2v) is 2.89. The Kier molecular flexibility index (Phi) is 4.33. The molecular weight excluding hydrogens is 204 g/mol. The van der Waals surface area contributed by atoms with Crippen LogP contribution in [0.3, 0.4) is 0 Å². The van der Waals surface area contributed by atoms with E-state index in [4.69, 9.17) is 10.5 Å². The summed E-state index contributed by atoms with van der Waals surface area (Å²) in [5, 5.41) is 0. The highest BCUT2D eigenvalue weighted by molar-refractivity contribution is 5.97. The number of benzene rings is 1. The molecule has 0 spiro atoms. The van der Waals surface area contributed by atoms with Crippen LogP contribution in [0.1, 0.15) is 10.4 Å². The number of halogens is 2. The van der Waals surface area contributed by atoms with Crippen LogP contribution in [0.2, 0.25) is 0 Å². The van der Waals surface area contributed by atoms with E-state index < -0.39 is 17.4 Å². The van der Waals surface area contributed by atoms with Gasteiger partial charge in [0.15, 0.2) is 17.4 Å². The molecule has 3 nitrogen and oxygen atoms in total. The molecule has 0 aromatic heterocycles. The third kappa shape index (κ3) is 3.38. The maximum absolute atomic E-state index is 12.7. The Morgan fingerprint density at radius 2 is 2.07 bits per heavy atom. The van der Waals surface area contributed by atoms with Crippen molar-refractivity contribution < 1.29 is 18.3 Å². The fourth-order valence-corrected chi connectivity index (χ4v) is 1.00. The van der Waals surface area contributed by atoms with Gasteiger partial charge >= 0.3 is 0 Å². The number of hydrogen-bond acceptors (Lipinski definition) is 3.